The van der Waals surface area contributed by atoms with Crippen LogP contribution in [0.5, 0.6) is 0 Å². The van der Waals surface area contributed by atoms with E-state index in [4.69, 9.17) is 0 Å². The Bertz CT molecular complexity index is 297. The quantitative estimate of drug-likeness (QED) is 0.550. The van der Waals surface area contributed by atoms with Gasteiger partial charge < -0.3 is 10.1 Å². The summed E-state index contributed by atoms with van der Waals surface area (Å²) >= 11 is 0. The predicted molar refractivity (Wildman–Crippen MR) is 50.2 cm³/mol. The Labute approximate surface area is 83.1 Å². The van der Waals surface area contributed by atoms with Gasteiger partial charge in [-0.1, -0.05) is 0 Å². The lowest BCUT2D eigenvalue weighted by Crippen LogP contribution is -2.57. The molecule has 6 nitrogen and oxygen atoms in total. The summed E-state index contributed by atoms with van der Waals surface area (Å²) in [4.78, 5) is 10.9. The second kappa shape index (κ2) is 4.72. The average Bonchev–Trinajstić information content (AvgIpc) is 1.96. The molecule has 1 aliphatic heterocycles. The molecule has 0 radical (unpaired) electrons. The lowest BCUT2D eigenvalue weighted by molar-refractivity contribution is -0.139. The molecule has 0 aromatic heterocycles. The third kappa shape index (κ3) is 3.60. The fraction of sp³-hybridized carbons (Fsp3) is 0.857. The Balaban J connectivity index is 2.36. The molecule has 1 fully saturated rings. The van der Waals surface area contributed by atoms with Crippen molar-refractivity contribution in [3.63, 3.8) is 0 Å². The summed E-state index contributed by atoms with van der Waals surface area (Å²) in [7, 11) is -3.53. The van der Waals surface area contributed by atoms with Crippen LogP contribution in [0.2, 0.25) is 0 Å². The first-order valence-electron chi connectivity index (χ1n) is 4.40. The summed E-state index contributed by atoms with van der Waals surface area (Å²) in [5.41, 5.74) is 0. The average molecular weight is 222 g/mol. The largest absolute Gasteiger partial charge is 0.465 e. The molecule has 0 saturated carbocycles. The van der Waals surface area contributed by atoms with Crippen molar-refractivity contribution in [3.8, 4) is 0 Å². The van der Waals surface area contributed by atoms with E-state index in [1.165, 1.54) is 0 Å². The summed E-state index contributed by atoms with van der Waals surface area (Å²) in [5.74, 6) is -1.32. The van der Waals surface area contributed by atoms with Crippen LogP contribution in [0.25, 0.3) is 0 Å². The molecule has 1 rings (SSSR count). The van der Waals surface area contributed by atoms with Crippen molar-refractivity contribution in [1.29, 1.82) is 0 Å². The van der Waals surface area contributed by atoms with E-state index < -0.39 is 21.7 Å². The normalized spacial score (nSPS) is 17.5. The number of ether oxygens (including phenoxy) is 1. The Hall–Kier alpha value is -0.660. The van der Waals surface area contributed by atoms with E-state index >= 15 is 0 Å². The van der Waals surface area contributed by atoms with Crippen molar-refractivity contribution in [2.24, 2.45) is 0 Å². The second-order valence-electron chi connectivity index (χ2n) is 3.04. The van der Waals surface area contributed by atoms with E-state index in [9.17, 15) is 13.2 Å². The summed E-state index contributed by atoms with van der Waals surface area (Å²) < 4.78 is 29.5. The second-order valence-corrected chi connectivity index (χ2v) is 4.79. The number of carbonyl (C=O) groups excluding carboxylic acids is 1. The number of hydrogen-bond donors (Lipinski definition) is 2. The van der Waals surface area contributed by atoms with E-state index in [-0.39, 0.29) is 12.6 Å². The van der Waals surface area contributed by atoms with Gasteiger partial charge in [0.25, 0.3) is 0 Å². The maximum Gasteiger partial charge on any atom is 0.322 e. The minimum atomic E-state index is -3.53. The molecule has 0 aromatic rings. The van der Waals surface area contributed by atoms with E-state index in [0.717, 1.165) is 0 Å². The monoisotopic (exact) mass is 222 g/mol. The van der Waals surface area contributed by atoms with Gasteiger partial charge in [0.1, 0.15) is 0 Å². The fourth-order valence-corrected chi connectivity index (χ4v) is 2.18. The first kappa shape index (κ1) is 11.4. The third-order valence-corrected chi connectivity index (χ3v) is 3.05. The minimum absolute atomic E-state index is 0.0885. The molecule has 0 amide bonds. The van der Waals surface area contributed by atoms with Crippen molar-refractivity contribution >= 4 is 16.0 Å². The Kier molecular flexibility index (Phi) is 3.85. The molecular weight excluding hydrogens is 208 g/mol. The highest BCUT2D eigenvalue weighted by Gasteiger charge is 2.25. The number of nitrogens with one attached hydrogen (secondary N) is 2. The number of rotatable bonds is 5. The molecule has 0 spiro atoms. The molecule has 0 atom stereocenters. The molecule has 1 aliphatic rings. The van der Waals surface area contributed by atoms with Crippen molar-refractivity contribution < 1.29 is 17.9 Å². The van der Waals surface area contributed by atoms with Gasteiger partial charge in [-0.3, -0.25) is 4.79 Å². The topological polar surface area (TPSA) is 84.5 Å². The van der Waals surface area contributed by atoms with Crippen molar-refractivity contribution in [1.82, 2.24) is 10.0 Å². The van der Waals surface area contributed by atoms with Gasteiger partial charge in [0.15, 0.2) is 5.75 Å². The number of hydrogen-bond acceptors (Lipinski definition) is 5. The van der Waals surface area contributed by atoms with Crippen molar-refractivity contribution in [3.05, 3.63) is 0 Å². The molecule has 0 bridgehead atoms. The number of esters is 1. The van der Waals surface area contributed by atoms with Gasteiger partial charge in [-0.05, 0) is 6.92 Å². The van der Waals surface area contributed by atoms with Gasteiger partial charge in [-0.2, -0.15) is 0 Å². The molecule has 1 saturated heterocycles. The lowest BCUT2D eigenvalue weighted by Gasteiger charge is -2.27. The highest BCUT2D eigenvalue weighted by atomic mass is 32.2. The zero-order valence-corrected chi connectivity index (χ0v) is 8.76. The highest BCUT2D eigenvalue weighted by Crippen LogP contribution is 1.96. The SMILES string of the molecule is CCOC(=O)CS(=O)(=O)NC1CNC1. The van der Waals surface area contributed by atoms with Gasteiger partial charge in [-0.15, -0.1) is 0 Å². The first-order valence-corrected chi connectivity index (χ1v) is 6.05. The summed E-state index contributed by atoms with van der Waals surface area (Å²) in [6.45, 7) is 3.05. The number of sulfonamides is 1. The molecule has 0 aliphatic carbocycles. The van der Waals surface area contributed by atoms with Crippen LogP contribution in [0.1, 0.15) is 6.92 Å². The van der Waals surface area contributed by atoms with Crippen LogP contribution < -0.4 is 10.0 Å². The van der Waals surface area contributed by atoms with Crippen LogP contribution in [0.3, 0.4) is 0 Å². The molecule has 82 valence electrons. The van der Waals surface area contributed by atoms with Crippen LogP contribution in [-0.2, 0) is 19.6 Å². The molecule has 14 heavy (non-hydrogen) atoms. The molecule has 0 aromatic carbocycles. The fourth-order valence-electron chi connectivity index (χ4n) is 1.03. The van der Waals surface area contributed by atoms with Crippen LogP contribution in [0.15, 0.2) is 0 Å². The van der Waals surface area contributed by atoms with Gasteiger partial charge >= 0.3 is 5.97 Å². The zero-order valence-electron chi connectivity index (χ0n) is 7.95. The molecule has 7 heteroatoms. The Morgan fingerprint density at radius 2 is 2.21 bits per heavy atom. The Morgan fingerprint density at radius 3 is 2.64 bits per heavy atom. The minimum Gasteiger partial charge on any atom is -0.465 e. The van der Waals surface area contributed by atoms with E-state index in [1.54, 1.807) is 6.92 Å². The zero-order chi connectivity index (χ0) is 10.6. The van der Waals surface area contributed by atoms with Crippen LogP contribution in [0.4, 0.5) is 0 Å². The summed E-state index contributed by atoms with van der Waals surface area (Å²) in [6.07, 6.45) is 0. The van der Waals surface area contributed by atoms with Gasteiger partial charge in [-0.25, -0.2) is 13.1 Å². The third-order valence-electron chi connectivity index (χ3n) is 1.74. The van der Waals surface area contributed by atoms with Crippen LogP contribution in [-0.4, -0.2) is 45.9 Å². The molecular formula is C7H14N2O4S. The van der Waals surface area contributed by atoms with Gasteiger partial charge in [0, 0.05) is 19.1 Å². The van der Waals surface area contributed by atoms with E-state index in [2.05, 4.69) is 14.8 Å². The maximum absolute atomic E-state index is 11.3. The Morgan fingerprint density at radius 1 is 1.57 bits per heavy atom. The number of carbonyl (C=O) groups is 1. The molecule has 2 N–H and O–H groups in total. The van der Waals surface area contributed by atoms with Crippen molar-refractivity contribution in [2.75, 3.05) is 25.4 Å². The summed E-state index contributed by atoms with van der Waals surface area (Å²) in [5, 5.41) is 2.92. The standard InChI is InChI=1S/C7H14N2O4S/c1-2-13-7(10)5-14(11,12)9-6-3-8-4-6/h6,8-9H,2-5H2,1H3. The highest BCUT2D eigenvalue weighted by molar-refractivity contribution is 7.90. The predicted octanol–water partition coefficient (Wildman–Crippen LogP) is -1.56. The smallest absolute Gasteiger partial charge is 0.322 e. The first-order chi connectivity index (χ1) is 6.53. The molecule has 1 heterocycles. The summed E-state index contributed by atoms with van der Waals surface area (Å²) in [6, 6.07) is -0.0885. The molecule has 0 unspecified atom stereocenters. The van der Waals surface area contributed by atoms with Crippen LogP contribution >= 0.6 is 0 Å². The van der Waals surface area contributed by atoms with E-state index in [1.807, 2.05) is 0 Å². The van der Waals surface area contributed by atoms with Gasteiger partial charge in [0.2, 0.25) is 10.0 Å². The lowest BCUT2D eigenvalue weighted by atomic mass is 10.2. The maximum atomic E-state index is 11.3. The van der Waals surface area contributed by atoms with E-state index in [0.29, 0.717) is 13.1 Å². The van der Waals surface area contributed by atoms with Crippen molar-refractivity contribution in [2.45, 2.75) is 13.0 Å². The van der Waals surface area contributed by atoms with Crippen LogP contribution in [0, 0.1) is 0 Å². The van der Waals surface area contributed by atoms with Gasteiger partial charge in [0.05, 0.1) is 6.61 Å².